The van der Waals surface area contributed by atoms with Crippen molar-refractivity contribution in [3.8, 4) is 5.75 Å². The van der Waals surface area contributed by atoms with E-state index in [4.69, 9.17) is 21.1 Å². The molecule has 3 rings (SSSR count). The van der Waals surface area contributed by atoms with Gasteiger partial charge in [-0.15, -0.1) is 0 Å². The summed E-state index contributed by atoms with van der Waals surface area (Å²) in [6.45, 7) is 8.93. The fourth-order valence-electron chi connectivity index (χ4n) is 4.05. The van der Waals surface area contributed by atoms with Crippen LogP contribution in [-0.4, -0.2) is 60.8 Å². The van der Waals surface area contributed by atoms with Gasteiger partial charge >= 0.3 is 6.09 Å². The van der Waals surface area contributed by atoms with Crippen molar-refractivity contribution in [2.45, 2.75) is 64.0 Å². The fourth-order valence-corrected chi connectivity index (χ4v) is 4.21. The number of likely N-dealkylation sites (N-methyl/N-ethyl adjacent to an activating group) is 1. The smallest absolute Gasteiger partial charge is 0.410 e. The maximum Gasteiger partial charge on any atom is 0.410 e. The van der Waals surface area contributed by atoms with Crippen molar-refractivity contribution < 1.29 is 14.3 Å². The number of likely N-dealkylation sites (tertiary alicyclic amines) is 2. The lowest BCUT2D eigenvalue weighted by molar-refractivity contribution is 0.0204. The van der Waals surface area contributed by atoms with E-state index in [2.05, 4.69) is 18.0 Å². The third-order valence-corrected chi connectivity index (χ3v) is 5.90. The summed E-state index contributed by atoms with van der Waals surface area (Å²) < 4.78 is 11.7. The van der Waals surface area contributed by atoms with Gasteiger partial charge in [-0.2, -0.15) is 0 Å². The number of nitrogens with zero attached hydrogens (tertiary/aromatic N) is 2. The van der Waals surface area contributed by atoms with E-state index >= 15 is 0 Å². The summed E-state index contributed by atoms with van der Waals surface area (Å²) in [7, 11) is 2.16. The predicted octanol–water partition coefficient (Wildman–Crippen LogP) is 4.93. The van der Waals surface area contributed by atoms with Crippen molar-refractivity contribution in [2.24, 2.45) is 0 Å². The number of carbonyl (C=O) groups excluding carboxylic acids is 1. The molecule has 1 aromatic rings. The van der Waals surface area contributed by atoms with Crippen LogP contribution in [0.2, 0.25) is 5.02 Å². The highest BCUT2D eigenvalue weighted by molar-refractivity contribution is 6.30. The van der Waals surface area contributed by atoms with Gasteiger partial charge in [0.1, 0.15) is 18.0 Å². The van der Waals surface area contributed by atoms with Crippen LogP contribution in [0.25, 0.3) is 0 Å². The summed E-state index contributed by atoms with van der Waals surface area (Å²) in [5, 5.41) is 0.699. The number of piperidine rings is 1. The highest BCUT2D eigenvalue weighted by atomic mass is 35.5. The van der Waals surface area contributed by atoms with Gasteiger partial charge in [0.05, 0.1) is 0 Å². The monoisotopic (exact) mass is 408 g/mol. The Hall–Kier alpha value is -1.46. The third-order valence-electron chi connectivity index (χ3n) is 5.66. The average Bonchev–Trinajstić information content (AvgIpc) is 3.04. The Bertz CT molecular complexity index is 681. The molecule has 2 aliphatic heterocycles. The van der Waals surface area contributed by atoms with Gasteiger partial charge in [-0.3, -0.25) is 0 Å². The Morgan fingerprint density at radius 2 is 1.89 bits per heavy atom. The molecule has 0 unspecified atom stereocenters. The van der Waals surface area contributed by atoms with E-state index in [1.165, 1.54) is 18.4 Å². The van der Waals surface area contributed by atoms with Crippen molar-refractivity contribution in [1.82, 2.24) is 9.80 Å². The highest BCUT2D eigenvalue weighted by Gasteiger charge is 2.29. The van der Waals surface area contributed by atoms with Crippen LogP contribution in [0, 0.1) is 0 Å². The normalized spacial score (nSPS) is 21.8. The number of carbonyl (C=O) groups is 1. The van der Waals surface area contributed by atoms with E-state index in [9.17, 15) is 4.79 Å². The van der Waals surface area contributed by atoms with Gasteiger partial charge in [0.25, 0.3) is 0 Å². The molecule has 2 aliphatic rings. The van der Waals surface area contributed by atoms with E-state index in [-0.39, 0.29) is 6.09 Å². The lowest BCUT2D eigenvalue weighted by Crippen LogP contribution is -2.41. The number of amides is 1. The molecule has 2 fully saturated rings. The molecule has 0 spiro atoms. The summed E-state index contributed by atoms with van der Waals surface area (Å²) in [6.07, 6.45) is 4.00. The molecule has 0 aliphatic carbocycles. The number of hydrogen-bond acceptors (Lipinski definition) is 4. The maximum absolute atomic E-state index is 12.3. The SMILES string of the molecule is CN1CCC[C@@H]1COc1cc(Cl)ccc1C1CCN(C(=O)OC(C)(C)C)CC1. The number of hydrogen-bond donors (Lipinski definition) is 0. The molecule has 6 heteroatoms. The number of rotatable bonds is 4. The van der Waals surface area contributed by atoms with Crippen LogP contribution in [-0.2, 0) is 4.74 Å². The predicted molar refractivity (Wildman–Crippen MR) is 112 cm³/mol. The number of halogens is 1. The van der Waals surface area contributed by atoms with Crippen molar-refractivity contribution in [3.63, 3.8) is 0 Å². The van der Waals surface area contributed by atoms with E-state index in [0.717, 1.165) is 25.1 Å². The third kappa shape index (κ3) is 5.54. The summed E-state index contributed by atoms with van der Waals surface area (Å²) in [6, 6.07) is 6.43. The summed E-state index contributed by atoms with van der Waals surface area (Å²) in [4.78, 5) is 16.5. The molecule has 0 saturated carbocycles. The van der Waals surface area contributed by atoms with Crippen LogP contribution in [0.4, 0.5) is 4.79 Å². The first-order valence-electron chi connectivity index (χ1n) is 10.3. The molecular formula is C22H33ClN2O3. The van der Waals surface area contributed by atoms with Crippen LogP contribution in [0.3, 0.4) is 0 Å². The minimum absolute atomic E-state index is 0.220. The Morgan fingerprint density at radius 1 is 1.18 bits per heavy atom. The van der Waals surface area contributed by atoms with Crippen LogP contribution < -0.4 is 4.74 Å². The summed E-state index contributed by atoms with van der Waals surface area (Å²) >= 11 is 6.25. The van der Waals surface area contributed by atoms with Gasteiger partial charge in [-0.1, -0.05) is 17.7 Å². The van der Waals surface area contributed by atoms with Gasteiger partial charge in [-0.05, 0) is 83.7 Å². The van der Waals surface area contributed by atoms with Crippen molar-refractivity contribution in [3.05, 3.63) is 28.8 Å². The van der Waals surface area contributed by atoms with Gasteiger partial charge in [0.15, 0.2) is 0 Å². The van der Waals surface area contributed by atoms with E-state index in [1.54, 1.807) is 0 Å². The molecule has 2 saturated heterocycles. The second kappa shape index (κ2) is 8.91. The molecule has 28 heavy (non-hydrogen) atoms. The maximum atomic E-state index is 12.3. The zero-order valence-electron chi connectivity index (χ0n) is 17.5. The molecule has 0 radical (unpaired) electrons. The number of benzene rings is 1. The second-order valence-corrected chi connectivity index (χ2v) is 9.45. The van der Waals surface area contributed by atoms with Gasteiger partial charge < -0.3 is 19.3 Å². The highest BCUT2D eigenvalue weighted by Crippen LogP contribution is 2.36. The minimum atomic E-state index is -0.460. The van der Waals surface area contributed by atoms with Gasteiger partial charge in [-0.25, -0.2) is 4.79 Å². The molecule has 1 atom stereocenters. The minimum Gasteiger partial charge on any atom is -0.492 e. The quantitative estimate of drug-likeness (QED) is 0.708. The molecule has 1 aromatic carbocycles. The molecule has 0 bridgehead atoms. The van der Waals surface area contributed by atoms with E-state index < -0.39 is 5.60 Å². The van der Waals surface area contributed by atoms with Crippen LogP contribution >= 0.6 is 11.6 Å². The zero-order valence-corrected chi connectivity index (χ0v) is 18.3. The first-order valence-corrected chi connectivity index (χ1v) is 10.7. The van der Waals surface area contributed by atoms with Crippen LogP contribution in [0.5, 0.6) is 5.75 Å². The molecule has 0 aromatic heterocycles. The zero-order chi connectivity index (χ0) is 20.3. The average molecular weight is 409 g/mol. The molecule has 1 amide bonds. The van der Waals surface area contributed by atoms with E-state index in [1.807, 2.05) is 37.8 Å². The first kappa shape index (κ1) is 21.3. The van der Waals surface area contributed by atoms with E-state index in [0.29, 0.717) is 36.7 Å². The number of ether oxygens (including phenoxy) is 2. The van der Waals surface area contributed by atoms with Crippen LogP contribution in [0.15, 0.2) is 18.2 Å². The Morgan fingerprint density at radius 3 is 2.50 bits per heavy atom. The summed E-state index contributed by atoms with van der Waals surface area (Å²) in [5.41, 5.74) is 0.743. The summed E-state index contributed by atoms with van der Waals surface area (Å²) in [5.74, 6) is 1.26. The molecule has 156 valence electrons. The lowest BCUT2D eigenvalue weighted by Gasteiger charge is -2.34. The Labute approximate surface area is 173 Å². The van der Waals surface area contributed by atoms with Gasteiger partial charge in [0.2, 0.25) is 0 Å². The van der Waals surface area contributed by atoms with Gasteiger partial charge in [0, 0.05) is 24.2 Å². The molecule has 2 heterocycles. The fraction of sp³-hybridized carbons (Fsp3) is 0.682. The molecular weight excluding hydrogens is 376 g/mol. The van der Waals surface area contributed by atoms with Crippen molar-refractivity contribution in [2.75, 3.05) is 33.3 Å². The standard InChI is InChI=1S/C22H33ClN2O3/c1-22(2,3)28-21(26)25-12-9-16(10-13-25)19-8-7-17(23)14-20(19)27-15-18-6-5-11-24(18)4/h7-8,14,16,18H,5-6,9-13,15H2,1-4H3/t18-/m1/s1. The molecule has 0 N–H and O–H groups in total. The Kier molecular flexibility index (Phi) is 6.77. The van der Waals surface area contributed by atoms with Crippen LogP contribution in [0.1, 0.15) is 57.9 Å². The Balaban J connectivity index is 1.62. The van der Waals surface area contributed by atoms with Crippen molar-refractivity contribution >= 4 is 17.7 Å². The topological polar surface area (TPSA) is 42.0 Å². The largest absolute Gasteiger partial charge is 0.492 e. The second-order valence-electron chi connectivity index (χ2n) is 9.01. The van der Waals surface area contributed by atoms with Crippen molar-refractivity contribution in [1.29, 1.82) is 0 Å². The first-order chi connectivity index (χ1) is 13.2. The molecule has 5 nitrogen and oxygen atoms in total. The lowest BCUT2D eigenvalue weighted by atomic mass is 9.89.